The number of ether oxygens (including phenoxy) is 1. The van der Waals surface area contributed by atoms with Crippen LogP contribution in [0.3, 0.4) is 0 Å². The second-order valence-corrected chi connectivity index (χ2v) is 7.04. The smallest absolute Gasteiger partial charge is 0.251 e. The van der Waals surface area contributed by atoms with Crippen molar-refractivity contribution in [3.05, 3.63) is 54.6 Å². The molecule has 2 saturated heterocycles. The molecule has 0 saturated carbocycles. The summed E-state index contributed by atoms with van der Waals surface area (Å²) in [6.45, 7) is 3.47. The van der Waals surface area contributed by atoms with Gasteiger partial charge in [-0.3, -0.25) is 14.5 Å². The molecule has 1 atom stereocenters. The van der Waals surface area contributed by atoms with Crippen molar-refractivity contribution in [3.8, 4) is 11.5 Å². The minimum atomic E-state index is -0.341. The summed E-state index contributed by atoms with van der Waals surface area (Å²) in [4.78, 5) is 31.1. The summed E-state index contributed by atoms with van der Waals surface area (Å²) in [6.07, 6.45) is 0.255. The van der Waals surface area contributed by atoms with Gasteiger partial charge in [-0.15, -0.1) is 0 Å². The van der Waals surface area contributed by atoms with Crippen LogP contribution in [0.5, 0.6) is 11.5 Å². The van der Waals surface area contributed by atoms with Crippen LogP contribution >= 0.6 is 0 Å². The summed E-state index contributed by atoms with van der Waals surface area (Å²) in [5, 5.41) is 0. The van der Waals surface area contributed by atoms with Crippen molar-refractivity contribution in [1.29, 1.82) is 0 Å². The standard InChI is InChI=1S/C21H23N3O3/c1-22-11-13-23(14-12-22)19-15-20(25)24(21(19)26)16-7-9-18(10-8-16)27-17-5-3-2-4-6-17/h2-10,19H,11-15H2,1H3. The fraction of sp³-hybridized carbons (Fsp3) is 0.333. The summed E-state index contributed by atoms with van der Waals surface area (Å²) < 4.78 is 5.77. The Morgan fingerprint density at radius 2 is 1.48 bits per heavy atom. The molecule has 27 heavy (non-hydrogen) atoms. The van der Waals surface area contributed by atoms with Crippen LogP contribution in [0, 0.1) is 0 Å². The highest BCUT2D eigenvalue weighted by Gasteiger charge is 2.43. The second-order valence-electron chi connectivity index (χ2n) is 7.04. The lowest BCUT2D eigenvalue weighted by atomic mass is 10.2. The zero-order valence-electron chi connectivity index (χ0n) is 15.4. The Bertz CT molecular complexity index is 814. The second kappa shape index (κ2) is 7.50. The van der Waals surface area contributed by atoms with Gasteiger partial charge >= 0.3 is 0 Å². The maximum absolute atomic E-state index is 12.9. The van der Waals surface area contributed by atoms with Gasteiger partial charge in [-0.05, 0) is 43.4 Å². The molecule has 0 radical (unpaired) electrons. The third kappa shape index (κ3) is 3.72. The zero-order chi connectivity index (χ0) is 18.8. The summed E-state index contributed by atoms with van der Waals surface area (Å²) in [5.41, 5.74) is 0.599. The summed E-state index contributed by atoms with van der Waals surface area (Å²) in [7, 11) is 2.07. The van der Waals surface area contributed by atoms with Crippen LogP contribution in [-0.2, 0) is 9.59 Å². The lowest BCUT2D eigenvalue weighted by Gasteiger charge is -2.35. The number of anilines is 1. The largest absolute Gasteiger partial charge is 0.457 e. The van der Waals surface area contributed by atoms with Crippen molar-refractivity contribution in [1.82, 2.24) is 9.80 Å². The van der Waals surface area contributed by atoms with Gasteiger partial charge in [-0.25, -0.2) is 4.90 Å². The molecule has 0 spiro atoms. The first-order valence-corrected chi connectivity index (χ1v) is 9.24. The molecule has 140 valence electrons. The van der Waals surface area contributed by atoms with Gasteiger partial charge < -0.3 is 9.64 Å². The van der Waals surface area contributed by atoms with Gasteiger partial charge in [0.15, 0.2) is 0 Å². The molecule has 0 bridgehead atoms. The predicted octanol–water partition coefficient (Wildman–Crippen LogP) is 2.36. The Hall–Kier alpha value is -2.70. The number of hydrogen-bond donors (Lipinski definition) is 0. The Balaban J connectivity index is 1.46. The number of para-hydroxylation sites is 1. The Kier molecular flexibility index (Phi) is 4.92. The molecule has 2 aliphatic rings. The van der Waals surface area contributed by atoms with E-state index >= 15 is 0 Å². The number of carbonyl (C=O) groups is 2. The van der Waals surface area contributed by atoms with E-state index in [4.69, 9.17) is 4.74 Å². The maximum atomic E-state index is 12.9. The molecule has 6 nitrogen and oxygen atoms in total. The highest BCUT2D eigenvalue weighted by Crippen LogP contribution is 2.29. The van der Waals surface area contributed by atoms with E-state index in [0.29, 0.717) is 11.4 Å². The number of imide groups is 1. The minimum absolute atomic E-state index is 0.124. The predicted molar refractivity (Wildman–Crippen MR) is 103 cm³/mol. The van der Waals surface area contributed by atoms with E-state index in [0.717, 1.165) is 31.9 Å². The molecular weight excluding hydrogens is 342 g/mol. The molecular formula is C21H23N3O3. The van der Waals surface area contributed by atoms with Crippen LogP contribution in [-0.4, -0.2) is 60.9 Å². The van der Waals surface area contributed by atoms with Gasteiger partial charge in [0.05, 0.1) is 18.2 Å². The number of nitrogens with zero attached hydrogens (tertiary/aromatic N) is 3. The molecule has 0 aromatic heterocycles. The number of amides is 2. The van der Waals surface area contributed by atoms with Crippen LogP contribution in [0.25, 0.3) is 0 Å². The monoisotopic (exact) mass is 365 g/mol. The number of piperazine rings is 1. The number of hydrogen-bond acceptors (Lipinski definition) is 5. The molecule has 2 aromatic rings. The van der Waals surface area contributed by atoms with Crippen molar-refractivity contribution in [2.45, 2.75) is 12.5 Å². The molecule has 0 aliphatic carbocycles. The van der Waals surface area contributed by atoms with Crippen molar-refractivity contribution < 1.29 is 14.3 Å². The molecule has 2 heterocycles. The van der Waals surface area contributed by atoms with Crippen LogP contribution in [0.4, 0.5) is 5.69 Å². The molecule has 2 aromatic carbocycles. The van der Waals surface area contributed by atoms with E-state index in [1.54, 1.807) is 24.3 Å². The fourth-order valence-corrected chi connectivity index (χ4v) is 3.59. The van der Waals surface area contributed by atoms with Gasteiger partial charge in [-0.2, -0.15) is 0 Å². The average molecular weight is 365 g/mol. The molecule has 0 N–H and O–H groups in total. The summed E-state index contributed by atoms with van der Waals surface area (Å²) in [5.74, 6) is 1.15. The van der Waals surface area contributed by atoms with Crippen LogP contribution in [0.2, 0.25) is 0 Å². The maximum Gasteiger partial charge on any atom is 0.251 e. The highest BCUT2D eigenvalue weighted by molar-refractivity contribution is 6.22. The van der Waals surface area contributed by atoms with Crippen molar-refractivity contribution in [2.24, 2.45) is 0 Å². The molecule has 6 heteroatoms. The van der Waals surface area contributed by atoms with Gasteiger partial charge in [0.2, 0.25) is 5.91 Å². The van der Waals surface area contributed by atoms with E-state index in [2.05, 4.69) is 16.8 Å². The van der Waals surface area contributed by atoms with E-state index in [1.807, 2.05) is 30.3 Å². The highest BCUT2D eigenvalue weighted by atomic mass is 16.5. The van der Waals surface area contributed by atoms with E-state index in [1.165, 1.54) is 4.90 Å². The van der Waals surface area contributed by atoms with E-state index in [-0.39, 0.29) is 24.3 Å². The van der Waals surface area contributed by atoms with Crippen LogP contribution in [0.15, 0.2) is 54.6 Å². The first kappa shape index (κ1) is 17.7. The Labute approximate surface area is 158 Å². The topological polar surface area (TPSA) is 53.1 Å². The lowest BCUT2D eigenvalue weighted by molar-refractivity contribution is -0.123. The number of carbonyl (C=O) groups excluding carboxylic acids is 2. The zero-order valence-corrected chi connectivity index (χ0v) is 15.4. The Morgan fingerprint density at radius 3 is 2.15 bits per heavy atom. The quantitative estimate of drug-likeness (QED) is 0.779. The van der Waals surface area contributed by atoms with Crippen LogP contribution < -0.4 is 9.64 Å². The van der Waals surface area contributed by atoms with E-state index < -0.39 is 0 Å². The molecule has 1 unspecified atom stereocenters. The first-order chi connectivity index (χ1) is 13.1. The molecule has 2 amide bonds. The molecule has 2 aliphatic heterocycles. The third-order valence-electron chi connectivity index (χ3n) is 5.18. The number of benzene rings is 2. The molecule has 2 fully saturated rings. The van der Waals surface area contributed by atoms with Crippen molar-refractivity contribution in [3.63, 3.8) is 0 Å². The van der Waals surface area contributed by atoms with Crippen LogP contribution in [0.1, 0.15) is 6.42 Å². The van der Waals surface area contributed by atoms with E-state index in [9.17, 15) is 9.59 Å². The minimum Gasteiger partial charge on any atom is -0.457 e. The number of rotatable bonds is 4. The van der Waals surface area contributed by atoms with Gasteiger partial charge in [0.1, 0.15) is 11.5 Å². The fourth-order valence-electron chi connectivity index (χ4n) is 3.59. The van der Waals surface area contributed by atoms with Crippen molar-refractivity contribution >= 4 is 17.5 Å². The normalized spacial score (nSPS) is 21.7. The van der Waals surface area contributed by atoms with Crippen molar-refractivity contribution in [2.75, 3.05) is 38.1 Å². The lowest BCUT2D eigenvalue weighted by Crippen LogP contribution is -2.51. The summed E-state index contributed by atoms with van der Waals surface area (Å²) >= 11 is 0. The van der Waals surface area contributed by atoms with Gasteiger partial charge in [0.25, 0.3) is 5.91 Å². The van der Waals surface area contributed by atoms with Gasteiger partial charge in [0, 0.05) is 26.2 Å². The molecule has 4 rings (SSSR count). The summed E-state index contributed by atoms with van der Waals surface area (Å²) in [6, 6.07) is 16.3. The van der Waals surface area contributed by atoms with Gasteiger partial charge in [-0.1, -0.05) is 18.2 Å². The Morgan fingerprint density at radius 1 is 0.852 bits per heavy atom. The third-order valence-corrected chi connectivity index (χ3v) is 5.18. The average Bonchev–Trinajstić information content (AvgIpc) is 2.98. The SMILES string of the molecule is CN1CCN(C2CC(=O)N(c3ccc(Oc4ccccc4)cc3)C2=O)CC1. The first-order valence-electron chi connectivity index (χ1n) is 9.24. The number of likely N-dealkylation sites (N-methyl/N-ethyl adjacent to an activating group) is 1.